The van der Waals surface area contributed by atoms with Crippen LogP contribution in [0.15, 0.2) is 24.3 Å². The van der Waals surface area contributed by atoms with E-state index in [0.717, 1.165) is 43.6 Å². The average Bonchev–Trinajstić information content (AvgIpc) is 2.30. The van der Waals surface area contributed by atoms with Crippen LogP contribution in [0.1, 0.15) is 30.4 Å². The summed E-state index contributed by atoms with van der Waals surface area (Å²) >= 11 is 0. The number of ether oxygens (including phenoxy) is 1. The lowest BCUT2D eigenvalue weighted by molar-refractivity contribution is -0.137. The van der Waals surface area contributed by atoms with Gasteiger partial charge in [0.15, 0.2) is 0 Å². The number of hydrogen-bond acceptors (Lipinski definition) is 1. The van der Waals surface area contributed by atoms with Crippen molar-refractivity contribution in [2.24, 2.45) is 0 Å². The Morgan fingerprint density at radius 3 is 2.35 bits per heavy atom. The summed E-state index contributed by atoms with van der Waals surface area (Å²) in [4.78, 5) is 0. The van der Waals surface area contributed by atoms with Crippen LogP contribution in [0.5, 0.6) is 0 Å². The van der Waals surface area contributed by atoms with E-state index in [1.165, 1.54) is 0 Å². The molecule has 1 aliphatic rings. The quantitative estimate of drug-likeness (QED) is 0.768. The third-order valence-corrected chi connectivity index (χ3v) is 3.02. The van der Waals surface area contributed by atoms with E-state index in [4.69, 9.17) is 4.74 Å². The van der Waals surface area contributed by atoms with Gasteiger partial charge in [-0.2, -0.15) is 13.2 Å². The van der Waals surface area contributed by atoms with Crippen molar-refractivity contribution >= 4 is 0 Å². The number of rotatable bonds is 2. The van der Waals surface area contributed by atoms with E-state index in [2.05, 4.69) is 0 Å². The Kier molecular flexibility index (Phi) is 3.72. The Hall–Kier alpha value is -1.03. The summed E-state index contributed by atoms with van der Waals surface area (Å²) in [5.41, 5.74) is 0.315. The topological polar surface area (TPSA) is 9.23 Å². The number of benzene rings is 1. The first-order chi connectivity index (χ1) is 8.05. The molecule has 17 heavy (non-hydrogen) atoms. The highest BCUT2D eigenvalue weighted by molar-refractivity contribution is 5.25. The predicted molar refractivity (Wildman–Crippen MR) is 58.7 cm³/mol. The molecular formula is C13H15F3O. The largest absolute Gasteiger partial charge is 0.416 e. The smallest absolute Gasteiger partial charge is 0.378 e. The Labute approximate surface area is 98.6 Å². The van der Waals surface area contributed by atoms with Gasteiger partial charge in [0.1, 0.15) is 0 Å². The van der Waals surface area contributed by atoms with Crippen LogP contribution in [0, 0.1) is 0 Å². The predicted octanol–water partition coefficient (Wildman–Crippen LogP) is 3.82. The van der Waals surface area contributed by atoms with Crippen LogP contribution in [-0.4, -0.2) is 12.7 Å². The van der Waals surface area contributed by atoms with Crippen molar-refractivity contribution in [3.63, 3.8) is 0 Å². The van der Waals surface area contributed by atoms with E-state index < -0.39 is 11.7 Å². The Bertz CT molecular complexity index is 350. The molecule has 94 valence electrons. The van der Waals surface area contributed by atoms with Crippen LogP contribution >= 0.6 is 0 Å². The molecule has 1 fully saturated rings. The molecule has 1 aliphatic heterocycles. The van der Waals surface area contributed by atoms with Crippen molar-refractivity contribution in [3.05, 3.63) is 35.4 Å². The molecule has 1 aromatic rings. The average molecular weight is 244 g/mol. The van der Waals surface area contributed by atoms with Gasteiger partial charge in [-0.05, 0) is 43.4 Å². The minimum absolute atomic E-state index is 0.167. The molecule has 0 bridgehead atoms. The Morgan fingerprint density at radius 2 is 1.82 bits per heavy atom. The molecule has 1 aromatic carbocycles. The van der Waals surface area contributed by atoms with Gasteiger partial charge in [-0.15, -0.1) is 0 Å². The minimum atomic E-state index is -4.25. The first kappa shape index (κ1) is 12.4. The molecule has 4 heteroatoms. The molecule has 0 saturated carbocycles. The third-order valence-electron chi connectivity index (χ3n) is 3.02. The van der Waals surface area contributed by atoms with Crippen LogP contribution in [-0.2, 0) is 17.3 Å². The highest BCUT2D eigenvalue weighted by Crippen LogP contribution is 2.29. The van der Waals surface area contributed by atoms with E-state index in [0.29, 0.717) is 6.42 Å². The molecule has 0 aromatic heterocycles. The molecule has 0 aliphatic carbocycles. The molecular weight excluding hydrogens is 229 g/mol. The standard InChI is InChI=1S/C13H15F3O/c14-13(15,16)11-6-4-10(5-7-11)9-12-3-1-2-8-17-12/h4-7,12H,1-3,8-9H2. The lowest BCUT2D eigenvalue weighted by Crippen LogP contribution is -2.21. The number of alkyl halides is 3. The van der Waals surface area contributed by atoms with E-state index in [1.807, 2.05) is 0 Å². The van der Waals surface area contributed by atoms with Crippen molar-refractivity contribution < 1.29 is 17.9 Å². The molecule has 0 amide bonds. The summed E-state index contributed by atoms with van der Waals surface area (Å²) in [6.45, 7) is 0.769. The normalized spacial score (nSPS) is 21.5. The van der Waals surface area contributed by atoms with Gasteiger partial charge in [-0.3, -0.25) is 0 Å². The van der Waals surface area contributed by atoms with Crippen LogP contribution in [0.4, 0.5) is 13.2 Å². The third kappa shape index (κ3) is 3.46. The SMILES string of the molecule is FC(F)(F)c1ccc(CC2CCCCO2)cc1. The van der Waals surface area contributed by atoms with Crippen molar-refractivity contribution in [1.29, 1.82) is 0 Å². The molecule has 2 rings (SSSR count). The summed E-state index contributed by atoms with van der Waals surface area (Å²) in [5.74, 6) is 0. The van der Waals surface area contributed by atoms with E-state index in [-0.39, 0.29) is 6.10 Å². The van der Waals surface area contributed by atoms with Gasteiger partial charge < -0.3 is 4.74 Å². The van der Waals surface area contributed by atoms with Gasteiger partial charge in [0.2, 0.25) is 0 Å². The van der Waals surface area contributed by atoms with Gasteiger partial charge in [0.25, 0.3) is 0 Å². The van der Waals surface area contributed by atoms with Gasteiger partial charge in [0, 0.05) is 6.61 Å². The van der Waals surface area contributed by atoms with Gasteiger partial charge in [-0.25, -0.2) is 0 Å². The van der Waals surface area contributed by atoms with E-state index in [1.54, 1.807) is 12.1 Å². The second-order valence-corrected chi connectivity index (χ2v) is 4.39. The summed E-state index contributed by atoms with van der Waals surface area (Å²) in [6.07, 6.45) is -0.145. The number of hydrogen-bond donors (Lipinski definition) is 0. The van der Waals surface area contributed by atoms with Crippen LogP contribution in [0.3, 0.4) is 0 Å². The first-order valence-electron chi connectivity index (χ1n) is 5.83. The fourth-order valence-electron chi connectivity index (χ4n) is 2.06. The van der Waals surface area contributed by atoms with Gasteiger partial charge in [-0.1, -0.05) is 12.1 Å². The van der Waals surface area contributed by atoms with E-state index >= 15 is 0 Å². The highest BCUT2D eigenvalue weighted by atomic mass is 19.4. The maximum absolute atomic E-state index is 12.4. The second kappa shape index (κ2) is 5.08. The van der Waals surface area contributed by atoms with Crippen molar-refractivity contribution in [3.8, 4) is 0 Å². The maximum atomic E-state index is 12.4. The molecule has 0 radical (unpaired) electrons. The zero-order valence-electron chi connectivity index (χ0n) is 9.46. The van der Waals surface area contributed by atoms with Crippen molar-refractivity contribution in [2.75, 3.05) is 6.61 Å². The summed E-state index contributed by atoms with van der Waals surface area (Å²) in [6, 6.07) is 5.36. The maximum Gasteiger partial charge on any atom is 0.416 e. The van der Waals surface area contributed by atoms with E-state index in [9.17, 15) is 13.2 Å². The Balaban J connectivity index is 1.98. The van der Waals surface area contributed by atoms with Crippen molar-refractivity contribution in [1.82, 2.24) is 0 Å². The van der Waals surface area contributed by atoms with Gasteiger partial charge >= 0.3 is 6.18 Å². The lowest BCUT2D eigenvalue weighted by Gasteiger charge is -2.22. The summed E-state index contributed by atoms with van der Waals surface area (Å²) in [5, 5.41) is 0. The van der Waals surface area contributed by atoms with Gasteiger partial charge in [0.05, 0.1) is 11.7 Å². The van der Waals surface area contributed by atoms with Crippen LogP contribution in [0.2, 0.25) is 0 Å². The summed E-state index contributed by atoms with van der Waals surface area (Å²) < 4.78 is 42.6. The lowest BCUT2D eigenvalue weighted by atomic mass is 10.0. The van der Waals surface area contributed by atoms with Crippen molar-refractivity contribution in [2.45, 2.75) is 38.0 Å². The van der Waals surface area contributed by atoms with Crippen LogP contribution < -0.4 is 0 Å². The first-order valence-corrected chi connectivity index (χ1v) is 5.83. The monoisotopic (exact) mass is 244 g/mol. The fraction of sp³-hybridized carbons (Fsp3) is 0.538. The molecule has 1 atom stereocenters. The molecule has 1 heterocycles. The fourth-order valence-corrected chi connectivity index (χ4v) is 2.06. The Morgan fingerprint density at radius 1 is 1.12 bits per heavy atom. The summed E-state index contributed by atoms with van der Waals surface area (Å²) in [7, 11) is 0. The molecule has 0 spiro atoms. The highest BCUT2D eigenvalue weighted by Gasteiger charge is 2.30. The second-order valence-electron chi connectivity index (χ2n) is 4.39. The van der Waals surface area contributed by atoms with Crippen LogP contribution in [0.25, 0.3) is 0 Å². The molecule has 0 N–H and O–H groups in total. The zero-order chi connectivity index (χ0) is 12.3. The molecule has 1 unspecified atom stereocenters. The molecule has 1 nitrogen and oxygen atoms in total. The number of halogens is 3. The minimum Gasteiger partial charge on any atom is -0.378 e. The zero-order valence-corrected chi connectivity index (χ0v) is 9.46. The molecule has 1 saturated heterocycles.